The molecule has 121 heavy (non-hydrogen) atoms. The summed E-state index contributed by atoms with van der Waals surface area (Å²) in [7, 11) is -4.43. The molecule has 2 saturated heterocycles. The zero-order valence-electron chi connectivity index (χ0n) is 67.8. The molecule has 0 spiro atoms. The van der Waals surface area contributed by atoms with Crippen LogP contribution in [0.2, 0.25) is 0 Å². The zero-order valence-corrected chi connectivity index (χ0v) is 69.5. The van der Waals surface area contributed by atoms with Gasteiger partial charge in [0.2, 0.25) is 35.4 Å². The van der Waals surface area contributed by atoms with Crippen molar-refractivity contribution in [3.05, 3.63) is 118 Å². The number of aromatic nitrogens is 4. The number of carbonyl (C=O) groups is 11. The van der Waals surface area contributed by atoms with E-state index in [4.69, 9.17) is 39.9 Å². The van der Waals surface area contributed by atoms with Gasteiger partial charge in [-0.1, -0.05) is 69.4 Å². The number of aliphatic carboxylic acids is 2. The summed E-state index contributed by atoms with van der Waals surface area (Å²) in [5, 5.41) is 80.7. The van der Waals surface area contributed by atoms with E-state index in [1.54, 1.807) is 38.2 Å². The lowest BCUT2D eigenvalue weighted by molar-refractivity contribution is -0.248. The molecular weight excluding hydrogens is 1620 g/mol. The van der Waals surface area contributed by atoms with Crippen molar-refractivity contribution in [2.75, 3.05) is 67.3 Å². The third-order valence-electron chi connectivity index (χ3n) is 23.7. The Morgan fingerprint density at radius 3 is 2.23 bits per heavy atom. The normalized spacial score (nSPS) is 24.7. The number of aliphatic hydroxyl groups is 3. The number of likely N-dealkylation sites (tertiary alicyclic amines) is 1. The molecule has 13 rings (SSSR count). The summed E-state index contributed by atoms with van der Waals surface area (Å²) >= 11 is 1.38. The molecule has 39 heteroatoms. The van der Waals surface area contributed by atoms with Gasteiger partial charge in [0.15, 0.2) is 16.9 Å². The number of carbonyl (C=O) groups excluding carboxylic acids is 8. The number of thiazole rings is 1. The average Bonchev–Trinajstić information content (AvgIpc) is 0.716. The van der Waals surface area contributed by atoms with Crippen LogP contribution in [0.1, 0.15) is 154 Å². The van der Waals surface area contributed by atoms with E-state index >= 15 is 0 Å². The first-order valence-electron chi connectivity index (χ1n) is 40.1. The third kappa shape index (κ3) is 21.5. The minimum absolute atomic E-state index is 0.0233. The number of benzene rings is 3. The summed E-state index contributed by atoms with van der Waals surface area (Å²) in [4.78, 5) is 159. The van der Waals surface area contributed by atoms with Crippen LogP contribution in [0.4, 0.5) is 21.4 Å². The largest absolute Gasteiger partial charge is 0.481 e. The van der Waals surface area contributed by atoms with Crippen LogP contribution in [0, 0.1) is 29.1 Å². The van der Waals surface area contributed by atoms with E-state index in [1.165, 1.54) is 41.4 Å². The number of aliphatic hydroxyl groups excluding tert-OH is 3. The molecule has 37 nitrogen and oxygen atoms in total. The van der Waals surface area contributed by atoms with Gasteiger partial charge in [0.05, 0.1) is 72.7 Å². The predicted octanol–water partition coefficient (Wildman–Crippen LogP) is 4.33. The van der Waals surface area contributed by atoms with Gasteiger partial charge in [-0.3, -0.25) is 52.9 Å². The number of aryl methyl sites for hydroxylation is 1. The number of fused-ring (bicyclic) bond motifs is 2. The summed E-state index contributed by atoms with van der Waals surface area (Å²) < 4.78 is 58.8. The molecule has 11 atom stereocenters. The van der Waals surface area contributed by atoms with Gasteiger partial charge in [-0.25, -0.2) is 24.4 Å². The van der Waals surface area contributed by atoms with Gasteiger partial charge in [0.25, 0.3) is 16.0 Å². The fourth-order valence-corrected chi connectivity index (χ4v) is 20.3. The number of hydrogen-bond donors (Lipinski definition) is 13. The molecule has 7 aliphatic rings. The first-order valence-corrected chi connectivity index (χ1v) is 42.5. The number of amides is 8. The lowest BCUT2D eigenvalue weighted by Gasteiger charge is -2.69. The Kier molecular flexibility index (Phi) is 27.4. The molecule has 14 N–H and O–H groups in total. The number of nitrogens with zero attached hydrogens (tertiary/aromatic N) is 7. The lowest BCUT2D eigenvalue weighted by atomic mass is 9.39. The van der Waals surface area contributed by atoms with Crippen molar-refractivity contribution in [3.63, 3.8) is 0 Å². The van der Waals surface area contributed by atoms with Crippen LogP contribution in [0.25, 0.3) is 21.3 Å². The van der Waals surface area contributed by atoms with Gasteiger partial charge >= 0.3 is 24.0 Å². The van der Waals surface area contributed by atoms with E-state index in [0.717, 1.165) is 64.0 Å². The Hall–Kier alpha value is -10.6. The Morgan fingerprint density at radius 1 is 0.793 bits per heavy atom. The maximum Gasteiger partial charge on any atom is 0.410 e. The van der Waals surface area contributed by atoms with Crippen LogP contribution < -0.4 is 37.2 Å². The quantitative estimate of drug-likeness (QED) is 0.0191. The molecule has 0 radical (unpaired) electrons. The number of pyridine rings is 1. The van der Waals surface area contributed by atoms with Crippen molar-refractivity contribution in [2.24, 2.45) is 27.9 Å². The topological polar surface area (TPSA) is 540 Å². The third-order valence-corrected chi connectivity index (χ3v) is 25.3. The van der Waals surface area contributed by atoms with Crippen molar-refractivity contribution >= 4 is 114 Å². The van der Waals surface area contributed by atoms with Gasteiger partial charge in [0, 0.05) is 73.6 Å². The van der Waals surface area contributed by atoms with Gasteiger partial charge in [-0.05, 0) is 165 Å². The summed E-state index contributed by atoms with van der Waals surface area (Å²) in [6.07, 6.45) is -4.48. The van der Waals surface area contributed by atoms with Crippen LogP contribution in [-0.2, 0) is 100.0 Å². The maximum absolute atomic E-state index is 14.5. The van der Waals surface area contributed by atoms with E-state index in [9.17, 15) is 91.2 Å². The Balaban J connectivity index is 0.697. The number of nitrogens with two attached hydrogens (primary N) is 1. The van der Waals surface area contributed by atoms with Crippen molar-refractivity contribution in [2.45, 2.75) is 205 Å². The Bertz CT molecular complexity index is 5050. The predicted molar refractivity (Wildman–Crippen MR) is 435 cm³/mol. The second kappa shape index (κ2) is 37.0. The number of rotatable bonds is 37. The summed E-state index contributed by atoms with van der Waals surface area (Å²) in [5.74, 6) is -10.1. The number of ether oxygens (including phenoxy) is 4. The number of primary amides is 1. The van der Waals surface area contributed by atoms with E-state index in [-0.39, 0.29) is 85.5 Å². The van der Waals surface area contributed by atoms with E-state index in [1.807, 2.05) is 52.9 Å². The van der Waals surface area contributed by atoms with Crippen molar-refractivity contribution in [1.82, 2.24) is 45.5 Å². The zero-order chi connectivity index (χ0) is 87.4. The molecule has 4 saturated carbocycles. The van der Waals surface area contributed by atoms with E-state index in [0.29, 0.717) is 71.2 Å². The van der Waals surface area contributed by atoms with Crippen LogP contribution in [-0.4, -0.2) is 251 Å². The monoisotopic (exact) mass is 1720 g/mol. The van der Waals surface area contributed by atoms with E-state index < -0.39 is 174 Å². The lowest BCUT2D eigenvalue weighted by Crippen LogP contribution is -2.64. The smallest absolute Gasteiger partial charge is 0.410 e. The van der Waals surface area contributed by atoms with E-state index in [2.05, 4.69) is 45.4 Å². The number of carboxylic acid groups (broad SMARTS) is 3. The molecule has 652 valence electrons. The molecule has 6 fully saturated rings. The fraction of sp³-hybridized carbons (Fsp3) is 0.537. The Labute approximate surface area is 700 Å². The van der Waals surface area contributed by atoms with Crippen LogP contribution in [0.15, 0.2) is 79.0 Å². The minimum atomic E-state index is -4.43. The first kappa shape index (κ1) is 89.6. The number of aromatic carboxylic acids is 1. The molecule has 2 unspecified atom stereocenters. The highest BCUT2D eigenvalue weighted by atomic mass is 32.2. The van der Waals surface area contributed by atoms with Gasteiger partial charge in [0.1, 0.15) is 48.9 Å². The summed E-state index contributed by atoms with van der Waals surface area (Å²) in [6, 6.07) is 16.5. The highest BCUT2D eigenvalue weighted by Gasteiger charge is 2.66. The molecule has 6 heterocycles. The highest BCUT2D eigenvalue weighted by Crippen LogP contribution is 2.72. The van der Waals surface area contributed by atoms with Crippen LogP contribution in [0.3, 0.4) is 0 Å². The van der Waals surface area contributed by atoms with Crippen LogP contribution >= 0.6 is 11.3 Å². The highest BCUT2D eigenvalue weighted by molar-refractivity contribution is 7.85. The molecule has 4 bridgehead atoms. The second-order valence-corrected chi connectivity index (χ2v) is 36.5. The molecule has 6 aromatic rings. The molecular formula is C82H103N13O24S2. The number of anilines is 3. The fourth-order valence-electron chi connectivity index (χ4n) is 19.1. The standard InChI is InChI=1S/C82H103N13O24S2/c1-44(2)65(90-63(98)34-94-51(36-116-28-29-121(113,114)115)31-57(74(94)107)87-62(97)20-21-64(99)100)73(106)85-45(3)71(104)86-50-16-14-49(48(30-50)15-18-58-67(101)68(102)69(103)70(119-58)76(110)111)35-117-78(112)92(25-23-60(83)96)26-27-118-82-40-79(5)37-80(6,41-82)39-81(38-79,42-82)43-95-46(4)54(32-84-95)52-17-19-61(89-66(52)75(108)109)93-24-22-47-10-9-11-53(55(47)33-93)72(105)91-77-88-56-12-7-8-13-59(56)120-77/h7-14,16-17,19,30,32,44-45,51,57-58,65,67-70,101-103H,15,18,20-29,31,33-43H2,1-6H3,(H2,83,96)(H,85,106)(H,86,104)(H,87,97)(H,90,98)(H,99,100)(H,108,109)(H,110,111)(H,88,91,105)(H,113,114,115)/t45-,51-,57-,58-,65-,67-,68+,69-,70-,79?,80?,81?,82?/m0/s1. The second-order valence-electron chi connectivity index (χ2n) is 33.9. The SMILES string of the molecule is Cc1c(-c2ccc(N3CCc4cccc(C(=O)Nc5nc6ccccc6s5)c4C3)nc2C(=O)O)cnn1CC12CC3(C)CC(C)(C1)CC(OCCN(CCC(N)=O)C(=O)OCc1ccc(NC(=O)[C@H](C)NC(=O)[C@@H](NC(=O)CN4C(=O)[C@@H](NC(=O)CCC(=O)O)C[C@H]4COCCS(=O)(=O)O)C(C)C)cc1CC[C@@H]1O[C@H](C(=O)O)[C@@H](O)[C@H](O)[C@H]1O)(C3)C2. The Morgan fingerprint density at radius 2 is 1.54 bits per heavy atom. The number of hydrogen-bond acceptors (Lipinski definition) is 25. The minimum Gasteiger partial charge on any atom is -0.481 e. The van der Waals surface area contributed by atoms with Crippen molar-refractivity contribution in [3.8, 4) is 11.1 Å². The maximum atomic E-state index is 14.5. The molecule has 4 aliphatic carbocycles. The van der Waals surface area contributed by atoms with Crippen molar-refractivity contribution in [1.29, 1.82) is 0 Å². The van der Waals surface area contributed by atoms with Gasteiger partial charge < -0.3 is 91.3 Å². The number of carboxylic acids is 3. The number of para-hydroxylation sites is 1. The average molecular weight is 1720 g/mol. The number of nitrogens with one attached hydrogen (secondary N) is 5. The first-order chi connectivity index (χ1) is 57.2. The summed E-state index contributed by atoms with van der Waals surface area (Å²) in [6.45, 7) is 10.2. The summed E-state index contributed by atoms with van der Waals surface area (Å²) in [5.41, 5.74) is 9.84. The molecule has 8 amide bonds. The van der Waals surface area contributed by atoms with Gasteiger partial charge in [-0.15, -0.1) is 0 Å². The van der Waals surface area contributed by atoms with Gasteiger partial charge in [-0.2, -0.15) is 13.5 Å². The van der Waals surface area contributed by atoms with Crippen molar-refractivity contribution < 1.29 is 115 Å². The molecule has 3 aromatic heterocycles. The van der Waals surface area contributed by atoms with Crippen LogP contribution in [0.5, 0.6) is 0 Å². The molecule has 3 aromatic carbocycles. The molecule has 3 aliphatic heterocycles.